The number of aromatic hydroxyl groups is 1. The summed E-state index contributed by atoms with van der Waals surface area (Å²) in [7, 11) is 2.00. The second-order valence-electron chi connectivity index (χ2n) is 12.1. The first kappa shape index (κ1) is 22.7. The molecule has 2 aromatic heterocycles. The van der Waals surface area contributed by atoms with Gasteiger partial charge in [0.15, 0.2) is 23.4 Å². The Hall–Kier alpha value is -3.29. The summed E-state index contributed by atoms with van der Waals surface area (Å²) in [5.74, 6) is 1.92. The van der Waals surface area contributed by atoms with Gasteiger partial charge >= 0.3 is 0 Å². The molecule has 1 saturated carbocycles. The lowest BCUT2D eigenvalue weighted by Crippen LogP contribution is -2.74. The summed E-state index contributed by atoms with van der Waals surface area (Å²) >= 11 is 0. The molecule has 0 radical (unpaired) electrons. The Labute approximate surface area is 221 Å². The van der Waals surface area contributed by atoms with E-state index in [4.69, 9.17) is 9.15 Å². The summed E-state index contributed by atoms with van der Waals surface area (Å²) in [6, 6.07) is 7.57. The van der Waals surface area contributed by atoms with E-state index in [0.717, 1.165) is 54.4 Å². The monoisotopic (exact) mass is 512 g/mol. The lowest BCUT2D eigenvalue weighted by atomic mass is 9.49. The lowest BCUT2D eigenvalue weighted by Gasteiger charge is -2.62. The average molecular weight is 513 g/mol. The molecule has 3 aromatic rings. The third-order valence-electron chi connectivity index (χ3n) is 10.2. The van der Waals surface area contributed by atoms with Gasteiger partial charge in [-0.05, 0) is 86.5 Å². The summed E-state index contributed by atoms with van der Waals surface area (Å²) < 4.78 is 14.1. The molecule has 5 aliphatic rings. The zero-order chi connectivity index (χ0) is 26.0. The molecule has 2 bridgehead atoms. The van der Waals surface area contributed by atoms with Gasteiger partial charge in [-0.2, -0.15) is 0 Å². The van der Waals surface area contributed by atoms with Gasteiger partial charge in [-0.25, -0.2) is 0 Å². The molecule has 1 saturated heterocycles. The fraction of sp³-hybridized carbons (Fsp3) is 0.452. The highest BCUT2D eigenvalue weighted by Crippen LogP contribution is 2.68. The van der Waals surface area contributed by atoms with E-state index in [2.05, 4.69) is 15.5 Å². The number of phenols is 1. The van der Waals surface area contributed by atoms with Crippen LogP contribution in [0, 0.1) is 12.8 Å². The Morgan fingerprint density at radius 3 is 2.84 bits per heavy atom. The number of aliphatic hydroxyl groups is 1. The van der Waals surface area contributed by atoms with E-state index in [1.54, 1.807) is 25.1 Å². The number of likely N-dealkylation sites (tertiary alicyclic amines) is 1. The van der Waals surface area contributed by atoms with Crippen molar-refractivity contribution in [2.45, 2.75) is 62.2 Å². The number of carbonyl (C=O) groups excluding carboxylic acids is 1. The van der Waals surface area contributed by atoms with Crippen LogP contribution in [0.15, 0.2) is 41.0 Å². The van der Waals surface area contributed by atoms with Crippen molar-refractivity contribution in [2.24, 2.45) is 13.0 Å². The molecule has 0 amide bonds. The number of ketones is 1. The number of hydrogen-bond donors (Lipinski definition) is 2. The van der Waals surface area contributed by atoms with Crippen molar-refractivity contribution in [1.29, 1.82) is 0 Å². The van der Waals surface area contributed by atoms with Gasteiger partial charge in [0, 0.05) is 37.3 Å². The van der Waals surface area contributed by atoms with Crippen molar-refractivity contribution in [2.75, 3.05) is 13.1 Å². The highest BCUT2D eigenvalue weighted by Gasteiger charge is 2.72. The number of carbonyl (C=O) groups is 1. The molecule has 7 heteroatoms. The summed E-state index contributed by atoms with van der Waals surface area (Å²) in [4.78, 5) is 15.3. The van der Waals surface area contributed by atoms with Crippen molar-refractivity contribution < 1.29 is 24.2 Å². The normalized spacial score (nSPS) is 30.8. The Kier molecular flexibility index (Phi) is 4.43. The van der Waals surface area contributed by atoms with Gasteiger partial charge < -0.3 is 23.9 Å². The van der Waals surface area contributed by atoms with Gasteiger partial charge in [-0.3, -0.25) is 9.69 Å². The second kappa shape index (κ2) is 7.42. The summed E-state index contributed by atoms with van der Waals surface area (Å²) in [5.41, 5.74) is 4.11. The highest BCUT2D eigenvalue weighted by atomic mass is 16.5. The first-order valence-electron chi connectivity index (χ1n) is 13.8. The van der Waals surface area contributed by atoms with Crippen LogP contribution in [0.5, 0.6) is 11.5 Å². The minimum atomic E-state index is -1.00. The van der Waals surface area contributed by atoms with Gasteiger partial charge in [0.25, 0.3) is 0 Å². The van der Waals surface area contributed by atoms with Gasteiger partial charge in [0.2, 0.25) is 0 Å². The number of ether oxygens (including phenoxy) is 1. The topological polar surface area (TPSA) is 88.1 Å². The van der Waals surface area contributed by atoms with Gasteiger partial charge in [0.05, 0.1) is 28.5 Å². The first-order chi connectivity index (χ1) is 18.3. The van der Waals surface area contributed by atoms with Crippen LogP contribution in [0.4, 0.5) is 0 Å². The average Bonchev–Trinajstić information content (AvgIpc) is 3.35. The fourth-order valence-corrected chi connectivity index (χ4v) is 8.18. The molecule has 2 aliphatic heterocycles. The van der Waals surface area contributed by atoms with E-state index in [-0.39, 0.29) is 17.6 Å². The van der Waals surface area contributed by atoms with Crippen LogP contribution in [0.2, 0.25) is 0 Å². The Balaban J connectivity index is 1.26. The molecular weight excluding hydrogens is 480 g/mol. The fourth-order valence-electron chi connectivity index (χ4n) is 8.18. The van der Waals surface area contributed by atoms with Crippen LogP contribution in [0.3, 0.4) is 0 Å². The molecule has 0 unspecified atom stereocenters. The van der Waals surface area contributed by atoms with Crippen LogP contribution in [0.1, 0.15) is 69.6 Å². The zero-order valence-electron chi connectivity index (χ0n) is 21.7. The van der Waals surface area contributed by atoms with Crippen molar-refractivity contribution >= 4 is 11.9 Å². The van der Waals surface area contributed by atoms with Crippen molar-refractivity contribution in [3.63, 3.8) is 0 Å². The maximum absolute atomic E-state index is 12.8. The molecule has 1 aromatic carbocycles. The van der Waals surface area contributed by atoms with Crippen LogP contribution < -0.4 is 4.74 Å². The van der Waals surface area contributed by atoms with Crippen LogP contribution in [0.25, 0.3) is 6.08 Å². The standard InChI is InChI=1S/C31H32N2O5/c1-17-22(9-12-37-17)23(34)8-6-21-13-20-15-31(36)25-14-19-5-7-24(35)28-26(19)30(31,29(38-28)27(20)32(21)2)10-11-33(25)16-18-3-4-18/h5-9,12-13,18,25,29,35-36H,3-4,10-11,14-16H2,1-2H3/b8-6+/t25-,29+,30+,31-/m1/s1. The Bertz CT molecular complexity index is 1540. The second-order valence-corrected chi connectivity index (χ2v) is 12.1. The van der Waals surface area contributed by atoms with E-state index < -0.39 is 17.1 Å². The third-order valence-corrected chi connectivity index (χ3v) is 10.2. The Morgan fingerprint density at radius 1 is 1.24 bits per heavy atom. The number of hydrogen-bond acceptors (Lipinski definition) is 6. The van der Waals surface area contributed by atoms with Crippen molar-refractivity contribution in [3.8, 4) is 11.5 Å². The van der Waals surface area contributed by atoms with Gasteiger partial charge in [-0.1, -0.05) is 6.07 Å². The largest absolute Gasteiger partial charge is 0.504 e. The number of allylic oxidation sites excluding steroid dienone is 1. The number of furan rings is 1. The van der Waals surface area contributed by atoms with Gasteiger partial charge in [-0.15, -0.1) is 0 Å². The molecule has 8 rings (SSSR count). The Morgan fingerprint density at radius 2 is 2.08 bits per heavy atom. The maximum Gasteiger partial charge on any atom is 0.189 e. The smallest absolute Gasteiger partial charge is 0.189 e. The zero-order valence-corrected chi connectivity index (χ0v) is 21.7. The predicted molar refractivity (Wildman–Crippen MR) is 140 cm³/mol. The molecule has 7 nitrogen and oxygen atoms in total. The molecular formula is C31H32N2O5. The van der Waals surface area contributed by atoms with E-state index >= 15 is 0 Å². The SMILES string of the molecule is Cc1occc1C(=O)/C=C/c1cc2c(n1C)[C@@H]1Oc3c(O)ccc4c3[C@@]13CCN(CC1CC1)[C@H](C4)[C@]3(O)C2. The number of aromatic nitrogens is 1. The molecule has 2 N–H and O–H groups in total. The minimum absolute atomic E-state index is 0.00364. The number of fused-ring (bicyclic) bond motifs is 2. The molecule has 2 fully saturated rings. The van der Waals surface area contributed by atoms with Crippen LogP contribution in [-0.2, 0) is 25.3 Å². The number of aryl methyl sites for hydroxylation is 1. The number of benzene rings is 1. The molecule has 1 spiro atoms. The summed E-state index contributed by atoms with van der Waals surface area (Å²) in [6.45, 7) is 3.75. The van der Waals surface area contributed by atoms with E-state index in [1.807, 2.05) is 19.2 Å². The van der Waals surface area contributed by atoms with E-state index in [9.17, 15) is 15.0 Å². The molecule has 3 aliphatic carbocycles. The number of piperidine rings is 1. The summed E-state index contributed by atoms with van der Waals surface area (Å²) in [6.07, 6.45) is 9.19. The number of rotatable bonds is 5. The van der Waals surface area contributed by atoms with Crippen molar-refractivity contribution in [1.82, 2.24) is 9.47 Å². The van der Waals surface area contributed by atoms with Crippen molar-refractivity contribution in [3.05, 3.63) is 76.0 Å². The van der Waals surface area contributed by atoms with E-state index in [1.165, 1.54) is 24.7 Å². The quantitative estimate of drug-likeness (QED) is 0.393. The van der Waals surface area contributed by atoms with E-state index in [0.29, 0.717) is 23.5 Å². The predicted octanol–water partition coefficient (Wildman–Crippen LogP) is 4.23. The van der Waals surface area contributed by atoms with Gasteiger partial charge in [0.1, 0.15) is 5.76 Å². The first-order valence-corrected chi connectivity index (χ1v) is 13.8. The molecule has 196 valence electrons. The highest BCUT2D eigenvalue weighted by molar-refractivity contribution is 6.07. The third kappa shape index (κ3) is 2.73. The summed E-state index contributed by atoms with van der Waals surface area (Å²) in [5, 5.41) is 23.7. The lowest BCUT2D eigenvalue weighted by molar-refractivity contribution is -0.173. The molecule has 4 atom stereocenters. The number of nitrogens with zero attached hydrogens (tertiary/aromatic N) is 2. The molecule has 38 heavy (non-hydrogen) atoms. The van der Waals surface area contributed by atoms with Crippen LogP contribution in [-0.4, -0.2) is 50.2 Å². The molecule has 4 heterocycles. The maximum atomic E-state index is 12.8. The minimum Gasteiger partial charge on any atom is -0.504 e. The number of phenolic OH excluding ortho intramolecular Hbond substituents is 1. The van der Waals surface area contributed by atoms with Crippen LogP contribution >= 0.6 is 0 Å².